The second-order valence-corrected chi connectivity index (χ2v) is 8.51. The lowest BCUT2D eigenvalue weighted by atomic mass is 10.2. The quantitative estimate of drug-likeness (QED) is 0.417. The molecule has 2 aromatic rings. The highest BCUT2D eigenvalue weighted by molar-refractivity contribution is 7.89. The number of sulfonamides is 1. The number of nitrogens with one attached hydrogen (secondary N) is 2. The number of hydrogen-bond donors (Lipinski definition) is 3. The third-order valence-electron chi connectivity index (χ3n) is 4.16. The van der Waals surface area contributed by atoms with Crippen LogP contribution in [0.4, 0.5) is 4.79 Å². The maximum atomic E-state index is 12.4. The molecule has 0 heterocycles. The fourth-order valence-corrected chi connectivity index (χ4v) is 3.09. The van der Waals surface area contributed by atoms with Gasteiger partial charge in [-0.25, -0.2) is 18.4 Å². The van der Waals surface area contributed by atoms with Gasteiger partial charge in [0.15, 0.2) is 0 Å². The zero-order valence-corrected chi connectivity index (χ0v) is 18.0. The van der Waals surface area contributed by atoms with Crippen molar-refractivity contribution in [3.63, 3.8) is 0 Å². The maximum Gasteiger partial charge on any atom is 0.408 e. The lowest BCUT2D eigenvalue weighted by molar-refractivity contribution is -0.145. The molecule has 172 valence electrons. The molecule has 0 spiro atoms. The molecule has 32 heavy (non-hydrogen) atoms. The van der Waals surface area contributed by atoms with Crippen LogP contribution in [0.3, 0.4) is 0 Å². The van der Waals surface area contributed by atoms with Crippen molar-refractivity contribution in [2.45, 2.75) is 25.7 Å². The third kappa shape index (κ3) is 10.0. The molecular formula is C21H25N3O7S. The summed E-state index contributed by atoms with van der Waals surface area (Å²) >= 11 is 0. The molecule has 2 aromatic carbocycles. The molecule has 0 saturated carbocycles. The summed E-state index contributed by atoms with van der Waals surface area (Å²) in [6.45, 7) is -0.464. The Morgan fingerprint density at radius 3 is 1.94 bits per heavy atom. The number of hydrogen-bond acceptors (Lipinski definition) is 7. The Hall–Kier alpha value is -3.44. The molecule has 0 bridgehead atoms. The number of nitrogens with two attached hydrogens (primary N) is 1. The Bertz CT molecular complexity index is 999. The monoisotopic (exact) mass is 463 g/mol. The van der Waals surface area contributed by atoms with Crippen LogP contribution in [0.15, 0.2) is 60.7 Å². The summed E-state index contributed by atoms with van der Waals surface area (Å²) in [5.41, 5.74) is 1.51. The minimum atomic E-state index is -3.88. The molecule has 10 nitrogen and oxygen atoms in total. The minimum Gasteiger partial charge on any atom is -0.460 e. The second-order valence-electron chi connectivity index (χ2n) is 6.78. The van der Waals surface area contributed by atoms with Gasteiger partial charge in [0.1, 0.15) is 25.8 Å². The van der Waals surface area contributed by atoms with E-state index in [2.05, 4.69) is 10.6 Å². The fraction of sp³-hybridized carbons (Fsp3) is 0.286. The topological polar surface area (TPSA) is 154 Å². The van der Waals surface area contributed by atoms with Crippen LogP contribution in [0.1, 0.15) is 17.5 Å². The van der Waals surface area contributed by atoms with E-state index in [1.165, 1.54) is 0 Å². The van der Waals surface area contributed by atoms with Gasteiger partial charge in [0.05, 0.1) is 5.75 Å². The van der Waals surface area contributed by atoms with Crippen molar-refractivity contribution in [2.75, 3.05) is 12.3 Å². The summed E-state index contributed by atoms with van der Waals surface area (Å²) in [4.78, 5) is 36.4. The van der Waals surface area contributed by atoms with Crippen LogP contribution < -0.4 is 15.8 Å². The molecule has 1 unspecified atom stereocenters. The van der Waals surface area contributed by atoms with E-state index in [-0.39, 0.29) is 19.6 Å². The predicted molar refractivity (Wildman–Crippen MR) is 115 cm³/mol. The molecule has 2 rings (SSSR count). The second kappa shape index (κ2) is 12.4. The van der Waals surface area contributed by atoms with Crippen molar-refractivity contribution >= 4 is 28.0 Å². The van der Waals surface area contributed by atoms with Gasteiger partial charge in [-0.1, -0.05) is 60.7 Å². The standard InChI is InChI=1S/C21H25N3O7S/c22-32(28,29)12-11-18(24-21(27)31-15-17-9-5-2-6-10-17)20(26)23-13-19(25)30-14-16-7-3-1-4-8-16/h1-10,18H,11-15H2,(H,23,26)(H,24,27)(H2,22,28,29). The van der Waals surface area contributed by atoms with Gasteiger partial charge in [0.25, 0.3) is 0 Å². The summed E-state index contributed by atoms with van der Waals surface area (Å²) < 4.78 is 32.6. The fourth-order valence-electron chi connectivity index (χ4n) is 2.53. The van der Waals surface area contributed by atoms with E-state index in [1.807, 2.05) is 12.1 Å². The summed E-state index contributed by atoms with van der Waals surface area (Å²) in [6.07, 6.45) is -1.22. The number of benzene rings is 2. The molecule has 0 aromatic heterocycles. The highest BCUT2D eigenvalue weighted by Gasteiger charge is 2.24. The van der Waals surface area contributed by atoms with Crippen molar-refractivity contribution in [3.8, 4) is 0 Å². The molecule has 2 amide bonds. The number of ether oxygens (including phenoxy) is 2. The van der Waals surface area contributed by atoms with Gasteiger partial charge in [0.2, 0.25) is 15.9 Å². The molecule has 0 aliphatic carbocycles. The van der Waals surface area contributed by atoms with Gasteiger partial charge < -0.3 is 20.1 Å². The first-order valence-corrected chi connectivity index (χ1v) is 11.4. The largest absolute Gasteiger partial charge is 0.460 e. The van der Waals surface area contributed by atoms with Crippen molar-refractivity contribution in [1.82, 2.24) is 10.6 Å². The van der Waals surface area contributed by atoms with Crippen LogP contribution in [0.2, 0.25) is 0 Å². The van der Waals surface area contributed by atoms with E-state index in [0.717, 1.165) is 11.1 Å². The zero-order chi connectivity index (χ0) is 23.4. The molecule has 0 aliphatic heterocycles. The molecule has 1 atom stereocenters. The highest BCUT2D eigenvalue weighted by atomic mass is 32.2. The van der Waals surface area contributed by atoms with Crippen molar-refractivity contribution in [3.05, 3.63) is 71.8 Å². The number of primary sulfonamides is 1. The first kappa shape index (κ1) is 24.8. The zero-order valence-electron chi connectivity index (χ0n) is 17.2. The van der Waals surface area contributed by atoms with Crippen molar-refractivity contribution < 1.29 is 32.3 Å². The molecule has 11 heteroatoms. The van der Waals surface area contributed by atoms with E-state index in [4.69, 9.17) is 14.6 Å². The number of esters is 1. The van der Waals surface area contributed by atoms with Crippen molar-refractivity contribution in [1.29, 1.82) is 0 Å². The summed E-state index contributed by atoms with van der Waals surface area (Å²) in [7, 11) is -3.88. The normalized spacial score (nSPS) is 11.8. The Morgan fingerprint density at radius 1 is 0.875 bits per heavy atom. The average molecular weight is 464 g/mol. The smallest absolute Gasteiger partial charge is 0.408 e. The number of amides is 2. The van der Waals surface area contributed by atoms with Gasteiger partial charge in [-0.2, -0.15) is 0 Å². The van der Waals surface area contributed by atoms with E-state index in [1.54, 1.807) is 48.5 Å². The first-order valence-electron chi connectivity index (χ1n) is 9.68. The van der Waals surface area contributed by atoms with Crippen LogP contribution in [-0.4, -0.2) is 44.7 Å². The Morgan fingerprint density at radius 2 is 1.41 bits per heavy atom. The lowest BCUT2D eigenvalue weighted by Crippen LogP contribution is -2.49. The predicted octanol–water partition coefficient (Wildman–Crippen LogP) is 0.820. The summed E-state index contributed by atoms with van der Waals surface area (Å²) in [5, 5.41) is 9.60. The summed E-state index contributed by atoms with van der Waals surface area (Å²) in [5.74, 6) is -2.02. The Kier molecular flexibility index (Phi) is 9.64. The van der Waals surface area contributed by atoms with E-state index in [9.17, 15) is 22.8 Å². The number of carbonyl (C=O) groups is 3. The van der Waals surface area contributed by atoms with Gasteiger partial charge in [-0.15, -0.1) is 0 Å². The van der Waals surface area contributed by atoms with E-state index >= 15 is 0 Å². The van der Waals surface area contributed by atoms with Crippen LogP contribution in [0.5, 0.6) is 0 Å². The van der Waals surface area contributed by atoms with E-state index in [0.29, 0.717) is 0 Å². The lowest BCUT2D eigenvalue weighted by Gasteiger charge is -2.18. The number of alkyl carbamates (subject to hydrolysis) is 1. The molecule has 0 aliphatic rings. The average Bonchev–Trinajstić information content (AvgIpc) is 2.78. The third-order valence-corrected chi connectivity index (χ3v) is 4.97. The SMILES string of the molecule is NS(=O)(=O)CCC(NC(=O)OCc1ccccc1)C(=O)NCC(=O)OCc1ccccc1. The Balaban J connectivity index is 1.85. The maximum absolute atomic E-state index is 12.4. The summed E-state index contributed by atoms with van der Waals surface area (Å²) in [6, 6.07) is 16.5. The Labute approximate surface area is 186 Å². The number of carbonyl (C=O) groups excluding carboxylic acids is 3. The molecular weight excluding hydrogens is 438 g/mol. The van der Waals surface area contributed by atoms with Gasteiger partial charge in [-0.05, 0) is 17.5 Å². The van der Waals surface area contributed by atoms with E-state index < -0.39 is 46.3 Å². The first-order chi connectivity index (χ1) is 15.2. The molecule has 4 N–H and O–H groups in total. The minimum absolute atomic E-state index is 0.0362. The van der Waals surface area contributed by atoms with Crippen LogP contribution in [0, 0.1) is 0 Å². The molecule has 0 fully saturated rings. The van der Waals surface area contributed by atoms with Crippen molar-refractivity contribution in [2.24, 2.45) is 5.14 Å². The van der Waals surface area contributed by atoms with Crippen LogP contribution in [0.25, 0.3) is 0 Å². The van der Waals surface area contributed by atoms with Crippen LogP contribution >= 0.6 is 0 Å². The van der Waals surface area contributed by atoms with Crippen LogP contribution in [-0.2, 0) is 42.3 Å². The van der Waals surface area contributed by atoms with Gasteiger partial charge in [-0.3, -0.25) is 9.59 Å². The number of rotatable bonds is 11. The van der Waals surface area contributed by atoms with Gasteiger partial charge in [0, 0.05) is 0 Å². The molecule has 0 radical (unpaired) electrons. The van der Waals surface area contributed by atoms with Gasteiger partial charge >= 0.3 is 12.1 Å². The highest BCUT2D eigenvalue weighted by Crippen LogP contribution is 2.03. The molecule has 0 saturated heterocycles.